The molecule has 0 fully saturated rings. The van der Waals surface area contributed by atoms with Crippen LogP contribution in [0.3, 0.4) is 0 Å². The summed E-state index contributed by atoms with van der Waals surface area (Å²) in [5.74, 6) is 0.110. The number of hydrogen-bond acceptors (Lipinski definition) is 6. The standard InChI is InChI=1S/C23H25ClO7/c1-4-10-30-23-17(24)11-15(12-21(23)29-5-2)6-8-18(25)16-7-9-19(20(13-16)28-3)31-14-22(26)27/h6-9,11-13H,4-5,10,14H2,1-3H3,(H,26,27)/b8-6+. The molecule has 7 nitrogen and oxygen atoms in total. The van der Waals surface area contributed by atoms with Crippen molar-refractivity contribution in [2.24, 2.45) is 0 Å². The van der Waals surface area contributed by atoms with E-state index in [9.17, 15) is 9.59 Å². The molecule has 0 radical (unpaired) electrons. The minimum absolute atomic E-state index is 0.237. The van der Waals surface area contributed by atoms with Crippen LogP contribution in [0.15, 0.2) is 36.4 Å². The normalized spacial score (nSPS) is 10.7. The van der Waals surface area contributed by atoms with E-state index >= 15 is 0 Å². The highest BCUT2D eigenvalue weighted by molar-refractivity contribution is 6.32. The van der Waals surface area contributed by atoms with Crippen LogP contribution in [0.2, 0.25) is 5.02 Å². The lowest BCUT2D eigenvalue weighted by Gasteiger charge is -2.14. The highest BCUT2D eigenvalue weighted by Crippen LogP contribution is 2.37. The van der Waals surface area contributed by atoms with E-state index < -0.39 is 12.6 Å². The smallest absolute Gasteiger partial charge is 0.341 e. The van der Waals surface area contributed by atoms with Gasteiger partial charge >= 0.3 is 5.97 Å². The number of carbonyl (C=O) groups is 2. The third kappa shape index (κ3) is 6.93. The van der Waals surface area contributed by atoms with E-state index in [1.54, 1.807) is 18.2 Å². The van der Waals surface area contributed by atoms with Gasteiger partial charge in [0, 0.05) is 5.56 Å². The first-order valence-corrected chi connectivity index (χ1v) is 10.1. The third-order valence-corrected chi connectivity index (χ3v) is 4.29. The molecule has 8 heteroatoms. The summed E-state index contributed by atoms with van der Waals surface area (Å²) in [5.41, 5.74) is 1.04. The zero-order valence-electron chi connectivity index (χ0n) is 17.6. The van der Waals surface area contributed by atoms with E-state index in [-0.39, 0.29) is 17.3 Å². The Morgan fingerprint density at radius 3 is 2.45 bits per heavy atom. The number of methoxy groups -OCH3 is 1. The van der Waals surface area contributed by atoms with E-state index in [4.69, 9.17) is 35.7 Å². The number of aliphatic carboxylic acids is 1. The minimum atomic E-state index is -1.11. The molecule has 0 heterocycles. The van der Waals surface area contributed by atoms with E-state index in [1.165, 1.54) is 31.4 Å². The van der Waals surface area contributed by atoms with Crippen LogP contribution in [0.25, 0.3) is 6.08 Å². The molecule has 0 amide bonds. The molecular weight excluding hydrogens is 424 g/mol. The van der Waals surface area contributed by atoms with Crippen molar-refractivity contribution in [2.45, 2.75) is 20.3 Å². The Hall–Kier alpha value is -3.19. The molecule has 1 N–H and O–H groups in total. The van der Waals surface area contributed by atoms with Crippen molar-refractivity contribution in [3.8, 4) is 23.0 Å². The first-order valence-electron chi connectivity index (χ1n) is 9.73. The van der Waals surface area contributed by atoms with Crippen LogP contribution in [0, 0.1) is 0 Å². The number of carboxylic acid groups (broad SMARTS) is 1. The van der Waals surface area contributed by atoms with E-state index in [2.05, 4.69) is 0 Å². The Labute approximate surface area is 186 Å². The van der Waals surface area contributed by atoms with E-state index in [1.807, 2.05) is 13.8 Å². The predicted molar refractivity (Wildman–Crippen MR) is 118 cm³/mol. The van der Waals surface area contributed by atoms with Gasteiger partial charge < -0.3 is 24.1 Å². The van der Waals surface area contributed by atoms with Crippen molar-refractivity contribution in [3.63, 3.8) is 0 Å². The quantitative estimate of drug-likeness (QED) is 0.365. The van der Waals surface area contributed by atoms with Crippen LogP contribution in [-0.4, -0.2) is 43.8 Å². The number of allylic oxidation sites excluding steroid dienone is 1. The molecule has 166 valence electrons. The molecule has 0 saturated heterocycles. The molecule has 0 unspecified atom stereocenters. The maximum absolute atomic E-state index is 12.6. The van der Waals surface area contributed by atoms with Gasteiger partial charge in [-0.2, -0.15) is 0 Å². The number of ketones is 1. The summed E-state index contributed by atoms with van der Waals surface area (Å²) in [7, 11) is 1.41. The van der Waals surface area contributed by atoms with Crippen molar-refractivity contribution in [1.82, 2.24) is 0 Å². The molecule has 0 aliphatic heterocycles. The lowest BCUT2D eigenvalue weighted by molar-refractivity contribution is -0.139. The van der Waals surface area contributed by atoms with Crippen molar-refractivity contribution in [1.29, 1.82) is 0 Å². The van der Waals surface area contributed by atoms with Gasteiger partial charge in [-0.25, -0.2) is 4.79 Å². The molecule has 2 aromatic rings. The van der Waals surface area contributed by atoms with E-state index in [0.717, 1.165) is 6.42 Å². The number of carbonyl (C=O) groups excluding carboxylic acids is 1. The van der Waals surface area contributed by atoms with Crippen LogP contribution in [0.4, 0.5) is 0 Å². The first kappa shape index (κ1) is 24.1. The first-order chi connectivity index (χ1) is 14.9. The van der Waals surface area contributed by atoms with Gasteiger partial charge in [-0.3, -0.25) is 4.79 Å². The average molecular weight is 449 g/mol. The second-order valence-electron chi connectivity index (χ2n) is 6.36. The monoisotopic (exact) mass is 448 g/mol. The fourth-order valence-electron chi connectivity index (χ4n) is 2.64. The van der Waals surface area contributed by atoms with Crippen molar-refractivity contribution in [2.75, 3.05) is 26.9 Å². The third-order valence-electron chi connectivity index (χ3n) is 4.01. The molecule has 0 bridgehead atoms. The molecule has 2 aromatic carbocycles. The van der Waals surface area contributed by atoms with Crippen LogP contribution in [0.1, 0.15) is 36.2 Å². The van der Waals surface area contributed by atoms with Gasteiger partial charge in [0.2, 0.25) is 0 Å². The minimum Gasteiger partial charge on any atom is -0.493 e. The number of carboxylic acids is 1. The van der Waals surface area contributed by atoms with Crippen molar-refractivity contribution >= 4 is 29.4 Å². The topological polar surface area (TPSA) is 91.3 Å². The zero-order chi connectivity index (χ0) is 22.8. The van der Waals surface area contributed by atoms with Crippen molar-refractivity contribution in [3.05, 3.63) is 52.6 Å². The molecular formula is C23H25ClO7. The summed E-state index contributed by atoms with van der Waals surface area (Å²) in [4.78, 5) is 23.3. The second kappa shape index (κ2) is 11.9. The number of hydrogen-bond donors (Lipinski definition) is 1. The average Bonchev–Trinajstić information content (AvgIpc) is 2.75. The van der Waals surface area contributed by atoms with Gasteiger partial charge in [0.15, 0.2) is 35.4 Å². The maximum atomic E-state index is 12.6. The molecule has 0 atom stereocenters. The molecule has 0 aliphatic rings. The summed E-state index contributed by atoms with van der Waals surface area (Å²) in [6, 6.07) is 7.97. The Balaban J connectivity index is 2.22. The Bertz CT molecular complexity index is 953. The van der Waals surface area contributed by atoms with Gasteiger partial charge in [-0.1, -0.05) is 24.6 Å². The SMILES string of the molecule is CCCOc1c(Cl)cc(/C=C/C(=O)c2ccc(OCC(=O)O)c(OC)c2)cc1OCC. The lowest BCUT2D eigenvalue weighted by Crippen LogP contribution is -2.10. The highest BCUT2D eigenvalue weighted by atomic mass is 35.5. The number of rotatable bonds is 12. The summed E-state index contributed by atoms with van der Waals surface area (Å²) < 4.78 is 21.7. The Morgan fingerprint density at radius 1 is 1.03 bits per heavy atom. The maximum Gasteiger partial charge on any atom is 0.341 e. The van der Waals surface area contributed by atoms with Crippen molar-refractivity contribution < 1.29 is 33.6 Å². The van der Waals surface area contributed by atoms with Gasteiger partial charge in [-0.15, -0.1) is 0 Å². The summed E-state index contributed by atoms with van der Waals surface area (Å²) in [6.07, 6.45) is 3.86. The summed E-state index contributed by atoms with van der Waals surface area (Å²) in [5, 5.41) is 9.13. The fraction of sp³-hybridized carbons (Fsp3) is 0.304. The number of ether oxygens (including phenoxy) is 4. The molecule has 31 heavy (non-hydrogen) atoms. The van der Waals surface area contributed by atoms with Crippen LogP contribution < -0.4 is 18.9 Å². The summed E-state index contributed by atoms with van der Waals surface area (Å²) >= 11 is 6.35. The summed E-state index contributed by atoms with van der Waals surface area (Å²) in [6.45, 7) is 4.31. The molecule has 2 rings (SSSR count). The molecule has 0 aromatic heterocycles. The molecule has 0 saturated carbocycles. The Morgan fingerprint density at radius 2 is 1.81 bits per heavy atom. The van der Waals surface area contributed by atoms with Gasteiger partial charge in [0.05, 0.1) is 25.3 Å². The Kier molecular flexibility index (Phi) is 9.21. The van der Waals surface area contributed by atoms with E-state index in [0.29, 0.717) is 40.9 Å². The zero-order valence-corrected chi connectivity index (χ0v) is 18.4. The largest absolute Gasteiger partial charge is 0.493 e. The van der Waals surface area contributed by atoms with Crippen LogP contribution >= 0.6 is 11.6 Å². The predicted octanol–water partition coefficient (Wildman–Crippen LogP) is 4.90. The fourth-order valence-corrected chi connectivity index (χ4v) is 2.91. The van der Waals surface area contributed by atoms with Gasteiger partial charge in [0.25, 0.3) is 0 Å². The lowest BCUT2D eigenvalue weighted by atomic mass is 10.1. The number of benzene rings is 2. The molecule has 0 spiro atoms. The number of halogens is 1. The second-order valence-corrected chi connectivity index (χ2v) is 6.76. The van der Waals surface area contributed by atoms with Crippen LogP contribution in [-0.2, 0) is 4.79 Å². The van der Waals surface area contributed by atoms with Gasteiger partial charge in [0.1, 0.15) is 0 Å². The van der Waals surface area contributed by atoms with Gasteiger partial charge in [-0.05, 0) is 55.3 Å². The highest BCUT2D eigenvalue weighted by Gasteiger charge is 2.13. The molecule has 0 aliphatic carbocycles. The van der Waals surface area contributed by atoms with Crippen LogP contribution in [0.5, 0.6) is 23.0 Å².